The van der Waals surface area contributed by atoms with E-state index in [2.05, 4.69) is 11.2 Å². The lowest BCUT2D eigenvalue weighted by Crippen LogP contribution is -2.37. The summed E-state index contributed by atoms with van der Waals surface area (Å²) in [6.07, 6.45) is 10.1. The first-order chi connectivity index (χ1) is 5.81. The van der Waals surface area contributed by atoms with Gasteiger partial charge >= 0.3 is 0 Å². The van der Waals surface area contributed by atoms with Crippen LogP contribution in [-0.4, -0.2) is 11.9 Å². The summed E-state index contributed by atoms with van der Waals surface area (Å²) in [5.74, 6) is 3.34. The summed E-state index contributed by atoms with van der Waals surface area (Å²) < 4.78 is 0. The fourth-order valence-corrected chi connectivity index (χ4v) is 1.72. The van der Waals surface area contributed by atoms with Gasteiger partial charge in [0, 0.05) is 6.04 Å². The maximum Gasteiger partial charge on any atom is 0.295 e. The van der Waals surface area contributed by atoms with Crippen LogP contribution in [0.4, 0.5) is 0 Å². The van der Waals surface area contributed by atoms with Crippen LogP contribution in [-0.2, 0) is 4.79 Å². The summed E-state index contributed by atoms with van der Waals surface area (Å²) in [6, 6.07) is 0.397. The minimum Gasteiger partial charge on any atom is -0.342 e. The van der Waals surface area contributed by atoms with E-state index in [-0.39, 0.29) is 5.91 Å². The summed E-state index contributed by atoms with van der Waals surface area (Å²) in [5.41, 5.74) is 0. The monoisotopic (exact) mass is 163 g/mol. The zero-order valence-electron chi connectivity index (χ0n) is 7.05. The Bertz CT molecular complexity index is 221. The first-order valence-electron chi connectivity index (χ1n) is 4.58. The number of terminal acetylenes is 1. The van der Waals surface area contributed by atoms with Crippen molar-refractivity contribution in [2.75, 3.05) is 0 Å². The van der Waals surface area contributed by atoms with Crippen LogP contribution in [0, 0.1) is 24.2 Å². The van der Waals surface area contributed by atoms with Crippen LogP contribution in [0.2, 0.25) is 0 Å². The Labute approximate surface area is 72.7 Å². The Balaban J connectivity index is 1.88. The van der Waals surface area contributed by atoms with Gasteiger partial charge in [0.1, 0.15) is 0 Å². The summed E-state index contributed by atoms with van der Waals surface area (Å²) in [4.78, 5) is 10.9. The van der Waals surface area contributed by atoms with E-state index in [9.17, 15) is 4.79 Å². The van der Waals surface area contributed by atoms with E-state index in [1.165, 1.54) is 25.7 Å². The molecule has 0 aromatic rings. The largest absolute Gasteiger partial charge is 0.342 e. The summed E-state index contributed by atoms with van der Waals surface area (Å²) in [6.45, 7) is 0. The smallest absolute Gasteiger partial charge is 0.295 e. The molecule has 0 radical (unpaired) electrons. The van der Waals surface area contributed by atoms with E-state index in [1.807, 2.05) is 0 Å². The lowest BCUT2D eigenvalue weighted by atomic mass is 10.1. The van der Waals surface area contributed by atoms with Crippen molar-refractivity contribution in [3.63, 3.8) is 0 Å². The maximum absolute atomic E-state index is 10.9. The summed E-state index contributed by atoms with van der Waals surface area (Å²) >= 11 is 0. The molecule has 0 atom stereocenters. The zero-order valence-corrected chi connectivity index (χ0v) is 7.05. The van der Waals surface area contributed by atoms with Crippen LogP contribution < -0.4 is 5.32 Å². The van der Waals surface area contributed by atoms with E-state index in [0.29, 0.717) is 6.04 Å². The summed E-state index contributed by atoms with van der Waals surface area (Å²) in [5, 5.41) is 2.92. The molecule has 0 saturated heterocycles. The highest BCUT2D eigenvalue weighted by Crippen LogP contribution is 2.44. The maximum atomic E-state index is 10.9. The van der Waals surface area contributed by atoms with Crippen molar-refractivity contribution in [2.45, 2.75) is 31.7 Å². The Hall–Kier alpha value is -0.970. The van der Waals surface area contributed by atoms with Gasteiger partial charge in [-0.25, -0.2) is 0 Å². The zero-order chi connectivity index (χ0) is 8.55. The van der Waals surface area contributed by atoms with Gasteiger partial charge in [0.05, 0.1) is 0 Å². The van der Waals surface area contributed by atoms with E-state index >= 15 is 0 Å². The highest BCUT2D eigenvalue weighted by Gasteiger charge is 2.41. The molecule has 2 fully saturated rings. The van der Waals surface area contributed by atoms with Crippen molar-refractivity contribution >= 4 is 5.91 Å². The van der Waals surface area contributed by atoms with E-state index in [1.54, 1.807) is 0 Å². The van der Waals surface area contributed by atoms with Crippen molar-refractivity contribution < 1.29 is 4.79 Å². The third-order valence-electron chi connectivity index (χ3n) is 2.69. The van der Waals surface area contributed by atoms with Crippen molar-refractivity contribution in [1.82, 2.24) is 5.32 Å². The second kappa shape index (κ2) is 2.82. The van der Waals surface area contributed by atoms with Gasteiger partial charge in [-0.3, -0.25) is 4.79 Å². The average molecular weight is 163 g/mol. The van der Waals surface area contributed by atoms with Crippen LogP contribution in [0.5, 0.6) is 0 Å². The van der Waals surface area contributed by atoms with Gasteiger partial charge in [-0.1, -0.05) is 0 Å². The van der Waals surface area contributed by atoms with Gasteiger partial charge < -0.3 is 5.32 Å². The van der Waals surface area contributed by atoms with Crippen LogP contribution in [0.1, 0.15) is 25.7 Å². The second-order valence-corrected chi connectivity index (χ2v) is 3.82. The number of nitrogens with one attached hydrogen (secondary N) is 1. The minimum absolute atomic E-state index is 0.237. The molecule has 0 aromatic heterocycles. The van der Waals surface area contributed by atoms with Gasteiger partial charge in [0.25, 0.3) is 5.91 Å². The van der Waals surface area contributed by atoms with Crippen LogP contribution in [0.25, 0.3) is 0 Å². The van der Waals surface area contributed by atoms with Gasteiger partial charge in [0.2, 0.25) is 0 Å². The Morgan fingerprint density at radius 1 is 1.33 bits per heavy atom. The predicted molar refractivity (Wildman–Crippen MR) is 46.2 cm³/mol. The van der Waals surface area contributed by atoms with Crippen molar-refractivity contribution in [3.8, 4) is 12.3 Å². The molecule has 1 amide bonds. The molecule has 0 aromatic carbocycles. The Kier molecular flexibility index (Phi) is 1.80. The van der Waals surface area contributed by atoms with Gasteiger partial charge in [-0.05, 0) is 43.4 Å². The first kappa shape index (κ1) is 7.67. The molecule has 2 aliphatic carbocycles. The summed E-state index contributed by atoms with van der Waals surface area (Å²) in [7, 11) is 0. The molecule has 2 aliphatic rings. The predicted octanol–water partition coefficient (Wildman–Crippen LogP) is 0.924. The average Bonchev–Trinajstić information content (AvgIpc) is 2.87. The molecule has 0 heterocycles. The highest BCUT2D eigenvalue weighted by molar-refractivity contribution is 5.93. The van der Waals surface area contributed by atoms with Crippen LogP contribution in [0.15, 0.2) is 0 Å². The molecule has 0 unspecified atom stereocenters. The topological polar surface area (TPSA) is 29.1 Å². The van der Waals surface area contributed by atoms with E-state index in [0.717, 1.165) is 11.8 Å². The lowest BCUT2D eigenvalue weighted by Gasteiger charge is -2.14. The van der Waals surface area contributed by atoms with Crippen LogP contribution in [0.3, 0.4) is 0 Å². The Morgan fingerprint density at radius 2 is 1.83 bits per heavy atom. The molecule has 12 heavy (non-hydrogen) atoms. The van der Waals surface area contributed by atoms with Crippen molar-refractivity contribution in [1.29, 1.82) is 0 Å². The molecule has 1 N–H and O–H groups in total. The molecule has 0 aliphatic heterocycles. The molecule has 2 nitrogen and oxygen atoms in total. The lowest BCUT2D eigenvalue weighted by molar-refractivity contribution is -0.116. The van der Waals surface area contributed by atoms with Crippen molar-refractivity contribution in [2.24, 2.45) is 11.8 Å². The molecular weight excluding hydrogens is 150 g/mol. The van der Waals surface area contributed by atoms with Gasteiger partial charge in [-0.2, -0.15) is 0 Å². The number of hydrogen-bond acceptors (Lipinski definition) is 1. The number of carbonyl (C=O) groups excluding carboxylic acids is 1. The molecule has 0 bridgehead atoms. The van der Waals surface area contributed by atoms with Gasteiger partial charge in [0.15, 0.2) is 0 Å². The number of amides is 1. The van der Waals surface area contributed by atoms with Crippen LogP contribution >= 0.6 is 0 Å². The molecule has 64 valence electrons. The standard InChI is InChI=1S/C10H13NO/c1-2-9(12)11-10(7-3-4-7)8-5-6-8/h1,7-8,10H,3-6H2,(H,11,12). The molecule has 2 heteroatoms. The van der Waals surface area contributed by atoms with Gasteiger partial charge in [-0.15, -0.1) is 6.42 Å². The third-order valence-corrected chi connectivity index (χ3v) is 2.69. The Morgan fingerprint density at radius 3 is 2.17 bits per heavy atom. The molecule has 2 rings (SSSR count). The molecule has 0 spiro atoms. The molecule has 2 saturated carbocycles. The fraction of sp³-hybridized carbons (Fsp3) is 0.700. The number of rotatable bonds is 3. The quantitative estimate of drug-likeness (QED) is 0.616. The minimum atomic E-state index is -0.237. The normalized spacial score (nSPS) is 22.0. The third kappa shape index (κ3) is 1.61. The number of carbonyl (C=O) groups is 1. The number of hydrogen-bond donors (Lipinski definition) is 1. The SMILES string of the molecule is C#CC(=O)NC(C1CC1)C1CC1. The highest BCUT2D eigenvalue weighted by atomic mass is 16.1. The first-order valence-corrected chi connectivity index (χ1v) is 4.58. The fourth-order valence-electron chi connectivity index (χ4n) is 1.72. The second-order valence-electron chi connectivity index (χ2n) is 3.82. The van der Waals surface area contributed by atoms with E-state index < -0.39 is 0 Å². The molecular formula is C10H13NO. The van der Waals surface area contributed by atoms with E-state index in [4.69, 9.17) is 6.42 Å². The van der Waals surface area contributed by atoms with Crippen molar-refractivity contribution in [3.05, 3.63) is 0 Å².